The minimum absolute atomic E-state index is 0.249. The zero-order chi connectivity index (χ0) is 13.8. The number of anilines is 1. The maximum atomic E-state index is 3.64. The molecule has 0 radical (unpaired) electrons. The van der Waals surface area contributed by atoms with E-state index in [1.807, 2.05) is 0 Å². The molecule has 102 valence electrons. The van der Waals surface area contributed by atoms with E-state index in [4.69, 9.17) is 0 Å². The van der Waals surface area contributed by atoms with E-state index in [1.54, 1.807) is 11.3 Å². The molecule has 0 bridgehead atoms. The quantitative estimate of drug-likeness (QED) is 0.875. The third kappa shape index (κ3) is 3.38. The average Bonchev–Trinajstić information content (AvgIpc) is 2.82. The number of hydrogen-bond acceptors (Lipinski definition) is 3. The van der Waals surface area contributed by atoms with Crippen molar-refractivity contribution >= 4 is 33.0 Å². The molecule has 0 aliphatic heterocycles. The van der Waals surface area contributed by atoms with E-state index in [-0.39, 0.29) is 6.04 Å². The van der Waals surface area contributed by atoms with Crippen LogP contribution in [0.25, 0.3) is 0 Å². The van der Waals surface area contributed by atoms with Crippen molar-refractivity contribution in [3.05, 3.63) is 50.6 Å². The fourth-order valence-corrected chi connectivity index (χ4v) is 3.76. The molecule has 2 aromatic rings. The van der Waals surface area contributed by atoms with E-state index in [2.05, 4.69) is 82.9 Å². The average molecular weight is 339 g/mol. The highest BCUT2D eigenvalue weighted by atomic mass is 79.9. The molecule has 4 heteroatoms. The Labute approximate surface area is 127 Å². The van der Waals surface area contributed by atoms with E-state index in [0.717, 1.165) is 6.54 Å². The van der Waals surface area contributed by atoms with Gasteiger partial charge in [0, 0.05) is 29.1 Å². The first kappa shape index (κ1) is 14.6. The molecule has 2 nitrogen and oxygen atoms in total. The van der Waals surface area contributed by atoms with Crippen LogP contribution in [0, 0.1) is 0 Å². The lowest BCUT2D eigenvalue weighted by molar-refractivity contribution is 0.638. The summed E-state index contributed by atoms with van der Waals surface area (Å²) in [5.74, 6) is 0. The molecule has 0 saturated heterocycles. The van der Waals surface area contributed by atoms with Gasteiger partial charge in [-0.05, 0) is 51.6 Å². The van der Waals surface area contributed by atoms with Gasteiger partial charge in [-0.1, -0.05) is 19.1 Å². The highest BCUT2D eigenvalue weighted by Crippen LogP contribution is 2.34. The Hall–Kier alpha value is -0.840. The van der Waals surface area contributed by atoms with Crippen LogP contribution in [-0.2, 0) is 0 Å². The summed E-state index contributed by atoms with van der Waals surface area (Å²) in [5.41, 5.74) is 2.53. The first-order valence-electron chi connectivity index (χ1n) is 6.37. The Morgan fingerprint density at radius 1 is 1.32 bits per heavy atom. The molecular formula is C15H19BrN2S. The zero-order valence-corrected chi connectivity index (χ0v) is 13.9. The van der Waals surface area contributed by atoms with E-state index in [9.17, 15) is 0 Å². The molecule has 1 heterocycles. The van der Waals surface area contributed by atoms with Gasteiger partial charge in [-0.15, -0.1) is 11.3 Å². The number of thiophene rings is 1. The molecule has 0 fully saturated rings. The molecule has 0 amide bonds. The fraction of sp³-hybridized carbons (Fsp3) is 0.333. The largest absolute Gasteiger partial charge is 0.378 e. The maximum absolute atomic E-state index is 3.64. The van der Waals surface area contributed by atoms with Crippen LogP contribution in [-0.4, -0.2) is 20.6 Å². The van der Waals surface area contributed by atoms with Crippen molar-refractivity contribution in [1.29, 1.82) is 0 Å². The lowest BCUT2D eigenvalue weighted by Crippen LogP contribution is -2.21. The highest BCUT2D eigenvalue weighted by Gasteiger charge is 2.17. The van der Waals surface area contributed by atoms with Gasteiger partial charge < -0.3 is 10.2 Å². The van der Waals surface area contributed by atoms with E-state index >= 15 is 0 Å². The standard InChI is InChI=1S/C15H19BrN2S/c1-4-17-14(15-13(16)8-9-19-15)11-6-5-7-12(10-11)18(2)3/h5-10,14,17H,4H2,1-3H3. The van der Waals surface area contributed by atoms with Crippen LogP contribution in [0.15, 0.2) is 40.2 Å². The summed E-state index contributed by atoms with van der Waals surface area (Å²) in [6, 6.07) is 11.1. The van der Waals surface area contributed by atoms with Gasteiger partial charge in [0.15, 0.2) is 0 Å². The minimum atomic E-state index is 0.249. The lowest BCUT2D eigenvalue weighted by atomic mass is 10.0. The van der Waals surface area contributed by atoms with Crippen molar-refractivity contribution in [2.24, 2.45) is 0 Å². The van der Waals surface area contributed by atoms with Crippen molar-refractivity contribution in [2.75, 3.05) is 25.5 Å². The molecule has 0 aliphatic rings. The van der Waals surface area contributed by atoms with E-state index in [1.165, 1.54) is 20.6 Å². The molecule has 1 aromatic carbocycles. The Morgan fingerprint density at radius 3 is 2.68 bits per heavy atom. The Kier molecular flexibility index (Phi) is 5.02. The molecule has 1 atom stereocenters. The van der Waals surface area contributed by atoms with Crippen LogP contribution < -0.4 is 10.2 Å². The van der Waals surface area contributed by atoms with Gasteiger partial charge in [0.2, 0.25) is 0 Å². The summed E-state index contributed by atoms with van der Waals surface area (Å²) in [4.78, 5) is 3.47. The molecule has 0 spiro atoms. The predicted molar refractivity (Wildman–Crippen MR) is 88.3 cm³/mol. The van der Waals surface area contributed by atoms with E-state index in [0.29, 0.717) is 0 Å². The smallest absolute Gasteiger partial charge is 0.0683 e. The van der Waals surface area contributed by atoms with Crippen molar-refractivity contribution < 1.29 is 0 Å². The van der Waals surface area contributed by atoms with Gasteiger partial charge in [0.1, 0.15) is 0 Å². The van der Waals surface area contributed by atoms with Crippen LogP contribution in [0.5, 0.6) is 0 Å². The monoisotopic (exact) mass is 338 g/mol. The van der Waals surface area contributed by atoms with Gasteiger partial charge >= 0.3 is 0 Å². The molecule has 2 rings (SSSR count). The van der Waals surface area contributed by atoms with Crippen molar-refractivity contribution in [3.63, 3.8) is 0 Å². The van der Waals surface area contributed by atoms with Crippen LogP contribution in [0.2, 0.25) is 0 Å². The van der Waals surface area contributed by atoms with Gasteiger partial charge in [0.05, 0.1) is 6.04 Å². The number of benzene rings is 1. The summed E-state index contributed by atoms with van der Waals surface area (Å²) >= 11 is 5.43. The van der Waals surface area contributed by atoms with Crippen molar-refractivity contribution in [3.8, 4) is 0 Å². The summed E-state index contributed by atoms with van der Waals surface area (Å²) in [5, 5.41) is 5.69. The van der Waals surface area contributed by atoms with Gasteiger partial charge in [-0.25, -0.2) is 0 Å². The van der Waals surface area contributed by atoms with Crippen LogP contribution in [0.3, 0.4) is 0 Å². The highest BCUT2D eigenvalue weighted by molar-refractivity contribution is 9.10. The predicted octanol–water partition coefficient (Wildman–Crippen LogP) is 4.28. The Balaban J connectivity index is 2.39. The molecule has 1 N–H and O–H groups in total. The SMILES string of the molecule is CCNC(c1cccc(N(C)C)c1)c1sccc1Br. The second-order valence-electron chi connectivity index (χ2n) is 4.61. The molecular weight excluding hydrogens is 320 g/mol. The Morgan fingerprint density at radius 2 is 2.11 bits per heavy atom. The second kappa shape index (κ2) is 6.55. The minimum Gasteiger partial charge on any atom is -0.378 e. The number of nitrogens with one attached hydrogen (secondary N) is 1. The van der Waals surface area contributed by atoms with E-state index < -0.39 is 0 Å². The lowest BCUT2D eigenvalue weighted by Gasteiger charge is -2.20. The van der Waals surface area contributed by atoms with Crippen LogP contribution in [0.4, 0.5) is 5.69 Å². The number of halogens is 1. The van der Waals surface area contributed by atoms with Gasteiger partial charge in [-0.3, -0.25) is 0 Å². The van der Waals surface area contributed by atoms with Gasteiger partial charge in [0.25, 0.3) is 0 Å². The second-order valence-corrected chi connectivity index (χ2v) is 6.41. The van der Waals surface area contributed by atoms with Crippen molar-refractivity contribution in [1.82, 2.24) is 5.32 Å². The number of hydrogen-bond donors (Lipinski definition) is 1. The summed E-state index contributed by atoms with van der Waals surface area (Å²) in [6.45, 7) is 3.09. The summed E-state index contributed by atoms with van der Waals surface area (Å²) in [7, 11) is 4.14. The van der Waals surface area contributed by atoms with Crippen molar-refractivity contribution in [2.45, 2.75) is 13.0 Å². The maximum Gasteiger partial charge on any atom is 0.0683 e. The molecule has 19 heavy (non-hydrogen) atoms. The van der Waals surface area contributed by atoms with Crippen LogP contribution in [0.1, 0.15) is 23.4 Å². The number of nitrogens with zero attached hydrogens (tertiary/aromatic N) is 1. The van der Waals surface area contributed by atoms with Gasteiger partial charge in [-0.2, -0.15) is 0 Å². The summed E-state index contributed by atoms with van der Waals surface area (Å²) < 4.78 is 1.18. The number of rotatable bonds is 5. The third-order valence-corrected chi connectivity index (χ3v) is 4.97. The molecule has 0 saturated carbocycles. The third-order valence-electron chi connectivity index (χ3n) is 3.04. The summed E-state index contributed by atoms with van der Waals surface area (Å²) in [6.07, 6.45) is 0. The Bertz CT molecular complexity index is 536. The first-order valence-corrected chi connectivity index (χ1v) is 8.04. The molecule has 0 aliphatic carbocycles. The fourth-order valence-electron chi connectivity index (χ4n) is 2.06. The molecule has 1 unspecified atom stereocenters. The zero-order valence-electron chi connectivity index (χ0n) is 11.5. The molecule has 1 aromatic heterocycles. The first-order chi connectivity index (χ1) is 9.13. The topological polar surface area (TPSA) is 15.3 Å². The van der Waals surface area contributed by atoms with Crippen LogP contribution >= 0.6 is 27.3 Å². The normalized spacial score (nSPS) is 12.4.